The molecule has 6 heteroatoms. The third-order valence-corrected chi connectivity index (χ3v) is 2.99. The number of nitro groups is 1. The van der Waals surface area contributed by atoms with Gasteiger partial charge in [0.25, 0.3) is 5.69 Å². The Hall–Kier alpha value is -2.21. The van der Waals surface area contributed by atoms with E-state index in [0.717, 1.165) is 17.6 Å². The molecule has 2 rings (SSSR count). The first-order valence-corrected chi connectivity index (χ1v) is 6.42. The van der Waals surface area contributed by atoms with Crippen molar-refractivity contribution in [3.63, 3.8) is 0 Å². The molecule has 0 fully saturated rings. The molecule has 1 unspecified atom stereocenters. The second-order valence-electron chi connectivity index (χ2n) is 5.10. The zero-order valence-corrected chi connectivity index (χ0v) is 11.8. The summed E-state index contributed by atoms with van der Waals surface area (Å²) in [4.78, 5) is 16.9. The second kappa shape index (κ2) is 5.83. The number of fused-ring (bicyclic) bond motifs is 1. The number of rotatable bonds is 5. The highest BCUT2D eigenvalue weighted by molar-refractivity contribution is 5.96. The number of pyridine rings is 1. The minimum atomic E-state index is -0.400. The van der Waals surface area contributed by atoms with Crippen molar-refractivity contribution in [2.75, 3.05) is 26.0 Å². The van der Waals surface area contributed by atoms with Gasteiger partial charge in [-0.25, -0.2) is 4.98 Å². The Morgan fingerprint density at radius 3 is 2.80 bits per heavy atom. The predicted octanol–water partition coefficient (Wildman–Crippen LogP) is 2.51. The minimum absolute atomic E-state index is 0.0337. The van der Waals surface area contributed by atoms with E-state index in [1.807, 2.05) is 20.2 Å². The van der Waals surface area contributed by atoms with Crippen molar-refractivity contribution in [2.45, 2.75) is 13.0 Å². The summed E-state index contributed by atoms with van der Waals surface area (Å²) in [7, 11) is 4.02. The van der Waals surface area contributed by atoms with Crippen LogP contribution in [-0.4, -0.2) is 41.5 Å². The number of anilines is 1. The highest BCUT2D eigenvalue weighted by atomic mass is 16.6. The van der Waals surface area contributed by atoms with E-state index in [0.29, 0.717) is 5.52 Å². The number of nitrogens with one attached hydrogen (secondary N) is 1. The quantitative estimate of drug-likeness (QED) is 0.670. The van der Waals surface area contributed by atoms with Gasteiger partial charge in [-0.05, 0) is 39.2 Å². The molecule has 0 aliphatic heterocycles. The van der Waals surface area contributed by atoms with Crippen LogP contribution in [0.25, 0.3) is 10.9 Å². The number of hydrogen-bond donors (Lipinski definition) is 1. The lowest BCUT2D eigenvalue weighted by atomic mass is 10.1. The normalized spacial score (nSPS) is 12.6. The molecule has 0 bridgehead atoms. The fourth-order valence-electron chi connectivity index (χ4n) is 2.29. The molecule has 1 atom stereocenters. The molecule has 1 aromatic carbocycles. The van der Waals surface area contributed by atoms with Crippen molar-refractivity contribution in [1.82, 2.24) is 9.88 Å². The van der Waals surface area contributed by atoms with Crippen molar-refractivity contribution < 1.29 is 4.92 Å². The zero-order chi connectivity index (χ0) is 14.7. The molecule has 106 valence electrons. The topological polar surface area (TPSA) is 71.3 Å². The smallest absolute Gasteiger partial charge is 0.295 e. The van der Waals surface area contributed by atoms with Crippen LogP contribution in [0.2, 0.25) is 0 Å². The fraction of sp³-hybridized carbons (Fsp3) is 0.357. The first-order valence-electron chi connectivity index (χ1n) is 6.42. The van der Waals surface area contributed by atoms with Gasteiger partial charge in [-0.2, -0.15) is 0 Å². The molecule has 1 aromatic heterocycles. The van der Waals surface area contributed by atoms with Gasteiger partial charge >= 0.3 is 0 Å². The molecule has 20 heavy (non-hydrogen) atoms. The van der Waals surface area contributed by atoms with E-state index in [4.69, 9.17) is 0 Å². The molecule has 0 aliphatic carbocycles. The van der Waals surface area contributed by atoms with Crippen molar-refractivity contribution in [3.8, 4) is 0 Å². The van der Waals surface area contributed by atoms with Crippen molar-refractivity contribution in [3.05, 3.63) is 40.6 Å². The summed E-state index contributed by atoms with van der Waals surface area (Å²) < 4.78 is 0. The predicted molar refractivity (Wildman–Crippen MR) is 80.0 cm³/mol. The maximum Gasteiger partial charge on any atom is 0.295 e. The van der Waals surface area contributed by atoms with Crippen molar-refractivity contribution in [2.24, 2.45) is 0 Å². The fourth-order valence-corrected chi connectivity index (χ4v) is 2.29. The molecular formula is C14H18N4O2. The van der Waals surface area contributed by atoms with E-state index < -0.39 is 4.92 Å². The molecule has 0 amide bonds. The molecule has 2 aromatic rings. The number of non-ortho nitro benzene ring substituents is 1. The first kappa shape index (κ1) is 14.2. The summed E-state index contributed by atoms with van der Waals surface area (Å²) in [6, 6.07) is 7.11. The van der Waals surface area contributed by atoms with Gasteiger partial charge in [0.1, 0.15) is 5.52 Å². The van der Waals surface area contributed by atoms with Gasteiger partial charge in [-0.1, -0.05) is 0 Å². The molecule has 0 radical (unpaired) electrons. The van der Waals surface area contributed by atoms with Crippen molar-refractivity contribution >= 4 is 22.3 Å². The third-order valence-electron chi connectivity index (χ3n) is 2.99. The first-order chi connectivity index (χ1) is 9.49. The largest absolute Gasteiger partial charge is 0.381 e. The lowest BCUT2D eigenvalue weighted by Gasteiger charge is -2.20. The molecule has 0 spiro atoms. The maximum atomic E-state index is 11.0. The van der Waals surface area contributed by atoms with E-state index in [1.165, 1.54) is 6.07 Å². The van der Waals surface area contributed by atoms with Crippen LogP contribution < -0.4 is 5.32 Å². The highest BCUT2D eigenvalue weighted by Crippen LogP contribution is 2.29. The molecule has 0 saturated carbocycles. The monoisotopic (exact) mass is 274 g/mol. The van der Waals surface area contributed by atoms with E-state index in [1.54, 1.807) is 18.3 Å². The number of hydrogen-bond acceptors (Lipinski definition) is 5. The van der Waals surface area contributed by atoms with Gasteiger partial charge < -0.3 is 10.2 Å². The van der Waals surface area contributed by atoms with Crippen LogP contribution in [0.15, 0.2) is 30.5 Å². The standard InChI is InChI=1S/C14H18N4O2/c1-10(9-17(2)3)16-12-6-7-13(18(19)20)14-11(12)5-4-8-15-14/h4-8,10,16H,9H2,1-3H3. The van der Waals surface area contributed by atoms with Crippen LogP contribution in [0.5, 0.6) is 0 Å². The number of benzene rings is 1. The van der Waals surface area contributed by atoms with Crippen LogP contribution in [0, 0.1) is 10.1 Å². The zero-order valence-electron chi connectivity index (χ0n) is 11.8. The second-order valence-corrected chi connectivity index (χ2v) is 5.10. The molecule has 6 nitrogen and oxygen atoms in total. The third kappa shape index (κ3) is 3.03. The Balaban J connectivity index is 2.40. The van der Waals surface area contributed by atoms with Crippen LogP contribution in [0.4, 0.5) is 11.4 Å². The SMILES string of the molecule is CC(CN(C)C)Nc1ccc([N+](=O)[O-])c2ncccc12. The number of nitrogens with zero attached hydrogens (tertiary/aromatic N) is 3. The van der Waals surface area contributed by atoms with E-state index in [-0.39, 0.29) is 11.7 Å². The van der Waals surface area contributed by atoms with E-state index in [2.05, 4.69) is 22.1 Å². The molecule has 0 saturated heterocycles. The Kier molecular flexibility index (Phi) is 4.14. The summed E-state index contributed by atoms with van der Waals surface area (Å²) >= 11 is 0. The summed E-state index contributed by atoms with van der Waals surface area (Å²) in [5.41, 5.74) is 1.32. The van der Waals surface area contributed by atoms with Crippen LogP contribution in [0.1, 0.15) is 6.92 Å². The average Bonchev–Trinajstić information content (AvgIpc) is 2.37. The Morgan fingerprint density at radius 1 is 1.40 bits per heavy atom. The number of aromatic nitrogens is 1. The summed E-state index contributed by atoms with van der Waals surface area (Å²) in [6.45, 7) is 2.95. The van der Waals surface area contributed by atoms with Crippen LogP contribution >= 0.6 is 0 Å². The number of nitro benzene ring substituents is 1. The van der Waals surface area contributed by atoms with E-state index >= 15 is 0 Å². The maximum absolute atomic E-state index is 11.0. The molecular weight excluding hydrogens is 256 g/mol. The van der Waals surface area contributed by atoms with E-state index in [9.17, 15) is 10.1 Å². The summed E-state index contributed by atoms with van der Waals surface area (Å²) in [5.74, 6) is 0. The molecule has 1 heterocycles. The highest BCUT2D eigenvalue weighted by Gasteiger charge is 2.16. The average molecular weight is 274 g/mol. The van der Waals surface area contributed by atoms with Gasteiger partial charge in [0.15, 0.2) is 0 Å². The molecule has 0 aliphatic rings. The molecule has 1 N–H and O–H groups in total. The van der Waals surface area contributed by atoms with Gasteiger partial charge in [0.05, 0.1) is 4.92 Å². The summed E-state index contributed by atoms with van der Waals surface area (Å²) in [6.07, 6.45) is 1.57. The van der Waals surface area contributed by atoms with Crippen LogP contribution in [0.3, 0.4) is 0 Å². The minimum Gasteiger partial charge on any atom is -0.381 e. The van der Waals surface area contributed by atoms with Gasteiger partial charge in [0.2, 0.25) is 0 Å². The Bertz CT molecular complexity index is 628. The Labute approximate surface area is 117 Å². The lowest BCUT2D eigenvalue weighted by Crippen LogP contribution is -2.29. The number of likely N-dealkylation sites (N-methyl/N-ethyl adjacent to an activating group) is 1. The van der Waals surface area contributed by atoms with Crippen molar-refractivity contribution in [1.29, 1.82) is 0 Å². The van der Waals surface area contributed by atoms with Gasteiger partial charge in [0, 0.05) is 35.9 Å². The van der Waals surface area contributed by atoms with Crippen LogP contribution in [-0.2, 0) is 0 Å². The van der Waals surface area contributed by atoms with Gasteiger partial charge in [-0.15, -0.1) is 0 Å². The Morgan fingerprint density at radius 2 is 2.15 bits per heavy atom. The van der Waals surface area contributed by atoms with Gasteiger partial charge in [-0.3, -0.25) is 10.1 Å². The summed E-state index contributed by atoms with van der Waals surface area (Å²) in [5, 5.41) is 15.2. The lowest BCUT2D eigenvalue weighted by molar-refractivity contribution is -0.383.